The van der Waals surface area contributed by atoms with E-state index in [9.17, 15) is 4.79 Å². The molecule has 3 N–H and O–H groups in total. The van der Waals surface area contributed by atoms with Gasteiger partial charge in [0, 0.05) is 26.2 Å². The summed E-state index contributed by atoms with van der Waals surface area (Å²) in [7, 11) is 0. The van der Waals surface area contributed by atoms with Gasteiger partial charge in [0.05, 0.1) is 12.1 Å². The minimum Gasteiger partial charge on any atom is -0.444 e. The molecule has 1 aliphatic heterocycles. The summed E-state index contributed by atoms with van der Waals surface area (Å²) in [5, 5.41) is 9.09. The van der Waals surface area contributed by atoms with Crippen molar-refractivity contribution in [2.75, 3.05) is 32.8 Å². The molecule has 23 heavy (non-hydrogen) atoms. The van der Waals surface area contributed by atoms with Gasteiger partial charge in [0.25, 0.3) is 0 Å². The predicted octanol–water partition coefficient (Wildman–Crippen LogP) is 1.64. The van der Waals surface area contributed by atoms with E-state index in [4.69, 9.17) is 9.47 Å². The quantitative estimate of drug-likeness (QED) is 0.392. The monoisotopic (exact) mass is 328 g/mol. The largest absolute Gasteiger partial charge is 0.444 e. The van der Waals surface area contributed by atoms with E-state index >= 15 is 0 Å². The van der Waals surface area contributed by atoms with Gasteiger partial charge in [-0.1, -0.05) is 0 Å². The molecule has 0 bridgehead atoms. The Kier molecular flexibility index (Phi) is 7.61. The first-order valence-corrected chi connectivity index (χ1v) is 8.37. The lowest BCUT2D eigenvalue weighted by atomic mass is 10.0. The average Bonchev–Trinajstić information content (AvgIpc) is 2.86. The van der Waals surface area contributed by atoms with E-state index in [0.29, 0.717) is 19.6 Å². The molecule has 1 atom stereocenters. The van der Waals surface area contributed by atoms with Crippen molar-refractivity contribution in [2.45, 2.75) is 58.7 Å². The average molecular weight is 328 g/mol. The maximum atomic E-state index is 11.5. The summed E-state index contributed by atoms with van der Waals surface area (Å²) in [5.41, 5.74) is -0.637. The van der Waals surface area contributed by atoms with Crippen molar-refractivity contribution in [3.63, 3.8) is 0 Å². The summed E-state index contributed by atoms with van der Waals surface area (Å²) < 4.78 is 10.9. The number of alkyl carbamates (subject to hydrolysis) is 1. The van der Waals surface area contributed by atoms with Crippen LogP contribution in [0, 0.1) is 0 Å². The van der Waals surface area contributed by atoms with Crippen LogP contribution in [0.25, 0.3) is 0 Å². The van der Waals surface area contributed by atoms with Crippen molar-refractivity contribution >= 4 is 12.1 Å². The number of guanidine groups is 1. The van der Waals surface area contributed by atoms with Gasteiger partial charge in [0.2, 0.25) is 0 Å². The van der Waals surface area contributed by atoms with Gasteiger partial charge in [-0.25, -0.2) is 4.79 Å². The van der Waals surface area contributed by atoms with Gasteiger partial charge in [-0.3, -0.25) is 4.99 Å². The van der Waals surface area contributed by atoms with Gasteiger partial charge in [-0.05, 0) is 47.5 Å². The molecular weight excluding hydrogens is 296 g/mol. The first-order chi connectivity index (χ1) is 10.7. The number of amides is 1. The van der Waals surface area contributed by atoms with E-state index in [0.717, 1.165) is 32.0 Å². The van der Waals surface area contributed by atoms with Crippen LogP contribution in [0.4, 0.5) is 4.79 Å². The van der Waals surface area contributed by atoms with Crippen LogP contribution in [0.3, 0.4) is 0 Å². The second kappa shape index (κ2) is 8.96. The van der Waals surface area contributed by atoms with E-state index in [1.54, 1.807) is 0 Å². The third-order valence-electron chi connectivity index (χ3n) is 3.30. The molecule has 1 heterocycles. The Balaban J connectivity index is 2.31. The van der Waals surface area contributed by atoms with Crippen molar-refractivity contribution in [1.82, 2.24) is 16.0 Å². The Morgan fingerprint density at radius 1 is 1.26 bits per heavy atom. The first kappa shape index (κ1) is 19.5. The Hall–Kier alpha value is -1.50. The molecule has 0 aromatic rings. The summed E-state index contributed by atoms with van der Waals surface area (Å²) in [5.74, 6) is 0.732. The minimum atomic E-state index is -0.482. The number of hydrogen-bond acceptors (Lipinski definition) is 4. The van der Waals surface area contributed by atoms with E-state index in [-0.39, 0.29) is 5.60 Å². The maximum absolute atomic E-state index is 11.5. The number of carbonyl (C=O) groups excluding carboxylic acids is 1. The highest BCUT2D eigenvalue weighted by molar-refractivity contribution is 5.79. The van der Waals surface area contributed by atoms with Crippen molar-refractivity contribution < 1.29 is 14.3 Å². The fourth-order valence-corrected chi connectivity index (χ4v) is 2.21. The number of nitrogens with zero attached hydrogens (tertiary/aromatic N) is 1. The standard InChI is InChI=1S/C16H32N4O3/c1-6-17-13(20-12-16(5)8-7-11-22-16)18-9-10-19-14(21)23-15(2,3)4/h6-12H2,1-5H3,(H,19,21)(H2,17,18,20). The van der Waals surface area contributed by atoms with Crippen molar-refractivity contribution in [2.24, 2.45) is 4.99 Å². The van der Waals surface area contributed by atoms with Gasteiger partial charge in [0.15, 0.2) is 5.96 Å². The Morgan fingerprint density at radius 3 is 2.52 bits per heavy atom. The van der Waals surface area contributed by atoms with Crippen LogP contribution in [-0.2, 0) is 9.47 Å². The Labute approximate surface area is 139 Å². The molecular formula is C16H32N4O3. The van der Waals surface area contributed by atoms with Crippen LogP contribution in [-0.4, -0.2) is 56.0 Å². The van der Waals surface area contributed by atoms with Crippen molar-refractivity contribution in [3.05, 3.63) is 0 Å². The van der Waals surface area contributed by atoms with Gasteiger partial charge < -0.3 is 25.4 Å². The summed E-state index contributed by atoms with van der Waals surface area (Å²) in [6.07, 6.45) is 1.72. The summed E-state index contributed by atoms with van der Waals surface area (Å²) in [6.45, 7) is 12.9. The number of carbonyl (C=O) groups is 1. The molecule has 0 radical (unpaired) electrons. The van der Waals surface area contributed by atoms with Crippen LogP contribution in [0.5, 0.6) is 0 Å². The van der Waals surface area contributed by atoms with E-state index < -0.39 is 11.7 Å². The topological polar surface area (TPSA) is 84.0 Å². The molecule has 1 amide bonds. The highest BCUT2D eigenvalue weighted by Gasteiger charge is 2.29. The molecule has 1 saturated heterocycles. The number of rotatable bonds is 6. The highest BCUT2D eigenvalue weighted by Crippen LogP contribution is 2.24. The second-order valence-corrected chi connectivity index (χ2v) is 6.95. The highest BCUT2D eigenvalue weighted by atomic mass is 16.6. The SMILES string of the molecule is CCNC(=NCC1(C)CCCO1)NCCNC(=O)OC(C)(C)C. The van der Waals surface area contributed by atoms with E-state index in [2.05, 4.69) is 27.9 Å². The zero-order valence-electron chi connectivity index (χ0n) is 15.1. The smallest absolute Gasteiger partial charge is 0.407 e. The fourth-order valence-electron chi connectivity index (χ4n) is 2.21. The molecule has 0 saturated carbocycles. The lowest BCUT2D eigenvalue weighted by Gasteiger charge is -2.22. The van der Waals surface area contributed by atoms with Gasteiger partial charge in [-0.15, -0.1) is 0 Å². The third-order valence-corrected chi connectivity index (χ3v) is 3.30. The zero-order valence-corrected chi connectivity index (χ0v) is 15.1. The molecule has 0 aromatic carbocycles. The maximum Gasteiger partial charge on any atom is 0.407 e. The molecule has 0 aromatic heterocycles. The Bertz CT molecular complexity index is 399. The molecule has 7 heteroatoms. The molecule has 1 rings (SSSR count). The summed E-state index contributed by atoms with van der Waals surface area (Å²) in [4.78, 5) is 16.1. The molecule has 0 aliphatic carbocycles. The summed E-state index contributed by atoms with van der Waals surface area (Å²) in [6, 6.07) is 0. The van der Waals surface area contributed by atoms with Gasteiger partial charge in [-0.2, -0.15) is 0 Å². The van der Waals surface area contributed by atoms with Crippen LogP contribution in [0.15, 0.2) is 4.99 Å². The lowest BCUT2D eigenvalue weighted by molar-refractivity contribution is 0.0283. The molecule has 1 unspecified atom stereocenters. The normalized spacial score (nSPS) is 21.9. The number of hydrogen-bond donors (Lipinski definition) is 3. The van der Waals surface area contributed by atoms with E-state index in [1.165, 1.54) is 0 Å². The van der Waals surface area contributed by atoms with Crippen LogP contribution < -0.4 is 16.0 Å². The zero-order chi connectivity index (χ0) is 17.3. The van der Waals surface area contributed by atoms with Crippen molar-refractivity contribution in [1.29, 1.82) is 0 Å². The third kappa shape index (κ3) is 8.64. The molecule has 134 valence electrons. The molecule has 7 nitrogen and oxygen atoms in total. The number of ether oxygens (including phenoxy) is 2. The van der Waals surface area contributed by atoms with Crippen LogP contribution in [0.1, 0.15) is 47.5 Å². The van der Waals surface area contributed by atoms with E-state index in [1.807, 2.05) is 27.7 Å². The predicted molar refractivity (Wildman–Crippen MR) is 91.8 cm³/mol. The minimum absolute atomic E-state index is 0.156. The molecule has 1 aliphatic rings. The lowest BCUT2D eigenvalue weighted by Crippen LogP contribution is -2.43. The van der Waals surface area contributed by atoms with Gasteiger partial charge in [0.1, 0.15) is 5.60 Å². The first-order valence-electron chi connectivity index (χ1n) is 8.37. The fraction of sp³-hybridized carbons (Fsp3) is 0.875. The summed E-state index contributed by atoms with van der Waals surface area (Å²) >= 11 is 0. The Morgan fingerprint density at radius 2 is 1.96 bits per heavy atom. The van der Waals surface area contributed by atoms with Gasteiger partial charge >= 0.3 is 6.09 Å². The number of nitrogens with one attached hydrogen (secondary N) is 3. The van der Waals surface area contributed by atoms with Crippen molar-refractivity contribution in [3.8, 4) is 0 Å². The van der Waals surface area contributed by atoms with Crippen LogP contribution in [0.2, 0.25) is 0 Å². The molecule has 1 fully saturated rings. The molecule has 0 spiro atoms. The van der Waals surface area contributed by atoms with Crippen LogP contribution >= 0.6 is 0 Å². The second-order valence-electron chi connectivity index (χ2n) is 6.95. The number of aliphatic imine (C=N–C) groups is 1.